The van der Waals surface area contributed by atoms with Crippen molar-refractivity contribution in [1.29, 1.82) is 0 Å². The Morgan fingerprint density at radius 3 is 3.11 bits per heavy atom. The average Bonchev–Trinajstić information content (AvgIpc) is 2.46. The number of benzene rings is 1. The van der Waals surface area contributed by atoms with Gasteiger partial charge in [0.1, 0.15) is 0 Å². The number of pyridine rings is 1. The predicted octanol–water partition coefficient (Wildman–Crippen LogP) is 3.14. The highest BCUT2D eigenvalue weighted by atomic mass is 79.9. The van der Waals surface area contributed by atoms with Crippen LogP contribution in [0.1, 0.15) is 5.69 Å². The molecule has 1 aromatic carbocycles. The second-order valence-corrected chi connectivity index (χ2v) is 5.52. The Hall–Kier alpha value is -1.13. The summed E-state index contributed by atoms with van der Waals surface area (Å²) in [6.07, 6.45) is 0. The number of aromatic nitrogens is 1. The van der Waals surface area contributed by atoms with Crippen LogP contribution < -0.4 is 4.90 Å². The first-order valence-electron chi connectivity index (χ1n) is 6.56. The van der Waals surface area contributed by atoms with Crippen molar-refractivity contribution in [3.05, 3.63) is 36.0 Å². The summed E-state index contributed by atoms with van der Waals surface area (Å²) in [5, 5.41) is 2.14. The number of alkyl halides is 1. The maximum atomic E-state index is 5.58. The molecule has 2 aromatic rings. The number of fused-ring (bicyclic) bond motifs is 1. The number of aryl methyl sites for hydroxylation is 1. The lowest BCUT2D eigenvalue weighted by atomic mass is 10.1. The highest BCUT2D eigenvalue weighted by molar-refractivity contribution is 9.09. The van der Waals surface area contributed by atoms with Gasteiger partial charge in [0.05, 0.1) is 24.8 Å². The molecule has 0 saturated carbocycles. The van der Waals surface area contributed by atoms with Crippen molar-refractivity contribution < 1.29 is 4.74 Å². The van der Waals surface area contributed by atoms with Crippen LogP contribution >= 0.6 is 15.9 Å². The van der Waals surface area contributed by atoms with Gasteiger partial charge >= 0.3 is 0 Å². The molecule has 0 bridgehead atoms. The van der Waals surface area contributed by atoms with E-state index in [1.807, 2.05) is 6.07 Å². The van der Waals surface area contributed by atoms with Crippen LogP contribution in [0.2, 0.25) is 0 Å². The minimum atomic E-state index is 0.388. The fraction of sp³-hybridized carbons (Fsp3) is 0.400. The molecule has 1 aliphatic heterocycles. The van der Waals surface area contributed by atoms with Crippen LogP contribution in [0, 0.1) is 6.92 Å². The van der Waals surface area contributed by atoms with Crippen molar-refractivity contribution in [2.24, 2.45) is 0 Å². The largest absolute Gasteiger partial charge is 0.377 e. The van der Waals surface area contributed by atoms with Gasteiger partial charge in [0, 0.05) is 28.6 Å². The summed E-state index contributed by atoms with van der Waals surface area (Å²) in [5.74, 6) is 0. The number of morpholine rings is 1. The van der Waals surface area contributed by atoms with Crippen LogP contribution in [0.5, 0.6) is 0 Å². The van der Waals surface area contributed by atoms with Crippen LogP contribution in [-0.2, 0) is 4.74 Å². The highest BCUT2D eigenvalue weighted by Gasteiger charge is 2.24. The van der Waals surface area contributed by atoms with E-state index >= 15 is 0 Å². The molecule has 0 N–H and O–H groups in total. The van der Waals surface area contributed by atoms with Gasteiger partial charge in [-0.05, 0) is 19.1 Å². The Balaban J connectivity index is 2.12. The van der Waals surface area contributed by atoms with Gasteiger partial charge < -0.3 is 9.64 Å². The van der Waals surface area contributed by atoms with Gasteiger partial charge in [0.25, 0.3) is 0 Å². The van der Waals surface area contributed by atoms with Gasteiger partial charge in [-0.3, -0.25) is 4.98 Å². The minimum Gasteiger partial charge on any atom is -0.377 e. The van der Waals surface area contributed by atoms with Crippen LogP contribution in [-0.4, -0.2) is 36.1 Å². The standard InChI is InChI=1S/C15H17BrN2O/c1-11-8-15(13-4-2-3-5-14(13)17-11)18-6-7-19-10-12(18)9-16/h2-5,8,12H,6-7,9-10H2,1H3. The van der Waals surface area contributed by atoms with Gasteiger partial charge in [0.15, 0.2) is 0 Å². The average molecular weight is 321 g/mol. The maximum absolute atomic E-state index is 5.58. The van der Waals surface area contributed by atoms with Gasteiger partial charge in [-0.25, -0.2) is 0 Å². The molecule has 0 radical (unpaired) electrons. The summed E-state index contributed by atoms with van der Waals surface area (Å²) in [7, 11) is 0. The van der Waals surface area contributed by atoms with E-state index in [0.717, 1.165) is 36.3 Å². The van der Waals surface area contributed by atoms with E-state index in [1.165, 1.54) is 11.1 Å². The topological polar surface area (TPSA) is 25.4 Å². The van der Waals surface area contributed by atoms with Gasteiger partial charge in [-0.2, -0.15) is 0 Å². The molecule has 1 unspecified atom stereocenters. The Labute approximate surface area is 121 Å². The third-order valence-electron chi connectivity index (χ3n) is 3.54. The van der Waals surface area contributed by atoms with E-state index in [9.17, 15) is 0 Å². The molecule has 1 atom stereocenters. The third-order valence-corrected chi connectivity index (χ3v) is 4.28. The van der Waals surface area contributed by atoms with Crippen LogP contribution in [0.4, 0.5) is 5.69 Å². The molecule has 1 fully saturated rings. The quantitative estimate of drug-likeness (QED) is 0.795. The molecule has 19 heavy (non-hydrogen) atoms. The van der Waals surface area contributed by atoms with E-state index in [-0.39, 0.29) is 0 Å². The van der Waals surface area contributed by atoms with Crippen LogP contribution in [0.25, 0.3) is 10.9 Å². The number of nitrogens with zero attached hydrogens (tertiary/aromatic N) is 2. The molecule has 1 aromatic heterocycles. The lowest BCUT2D eigenvalue weighted by Gasteiger charge is -2.37. The SMILES string of the molecule is Cc1cc(N2CCOCC2CBr)c2ccccc2n1. The van der Waals surface area contributed by atoms with Crippen LogP contribution in [0.3, 0.4) is 0 Å². The third kappa shape index (κ3) is 2.47. The molecular formula is C15H17BrN2O. The number of halogens is 1. The number of anilines is 1. The van der Waals surface area contributed by atoms with Crippen molar-refractivity contribution in [2.75, 3.05) is 30.0 Å². The molecule has 1 saturated heterocycles. The molecule has 2 heterocycles. The molecule has 1 aliphatic rings. The van der Waals surface area contributed by atoms with E-state index in [0.29, 0.717) is 6.04 Å². The second-order valence-electron chi connectivity index (χ2n) is 4.88. The first-order valence-corrected chi connectivity index (χ1v) is 7.68. The first kappa shape index (κ1) is 12.9. The number of hydrogen-bond acceptors (Lipinski definition) is 3. The molecule has 0 aliphatic carbocycles. The van der Waals surface area contributed by atoms with Crippen LogP contribution in [0.15, 0.2) is 30.3 Å². The zero-order valence-corrected chi connectivity index (χ0v) is 12.6. The normalized spacial score (nSPS) is 19.9. The number of rotatable bonds is 2. The number of hydrogen-bond donors (Lipinski definition) is 0. The fourth-order valence-corrected chi connectivity index (χ4v) is 3.16. The number of ether oxygens (including phenoxy) is 1. The molecule has 0 amide bonds. The fourth-order valence-electron chi connectivity index (χ4n) is 2.62. The molecule has 4 heteroatoms. The highest BCUT2D eigenvalue weighted by Crippen LogP contribution is 2.29. The smallest absolute Gasteiger partial charge is 0.0726 e. The van der Waals surface area contributed by atoms with Gasteiger partial charge in [-0.1, -0.05) is 34.1 Å². The molecular weight excluding hydrogens is 304 g/mol. The van der Waals surface area contributed by atoms with Crippen molar-refractivity contribution in [3.63, 3.8) is 0 Å². The minimum absolute atomic E-state index is 0.388. The maximum Gasteiger partial charge on any atom is 0.0726 e. The van der Waals surface area contributed by atoms with Gasteiger partial charge in [-0.15, -0.1) is 0 Å². The molecule has 100 valence electrons. The summed E-state index contributed by atoms with van der Waals surface area (Å²) in [6, 6.07) is 10.9. The van der Waals surface area contributed by atoms with E-state index < -0.39 is 0 Å². The molecule has 0 spiro atoms. The van der Waals surface area contributed by atoms with E-state index in [4.69, 9.17) is 4.74 Å². The lowest BCUT2D eigenvalue weighted by molar-refractivity contribution is 0.101. The zero-order chi connectivity index (χ0) is 13.2. The summed E-state index contributed by atoms with van der Waals surface area (Å²) in [6.45, 7) is 4.56. The zero-order valence-electron chi connectivity index (χ0n) is 11.0. The Morgan fingerprint density at radius 1 is 1.42 bits per heavy atom. The second kappa shape index (κ2) is 5.47. The summed E-state index contributed by atoms with van der Waals surface area (Å²) in [4.78, 5) is 7.05. The van der Waals surface area contributed by atoms with Crippen molar-refractivity contribution in [3.8, 4) is 0 Å². The monoisotopic (exact) mass is 320 g/mol. The summed E-state index contributed by atoms with van der Waals surface area (Å²) in [5.41, 5.74) is 3.40. The van der Waals surface area contributed by atoms with E-state index in [1.54, 1.807) is 0 Å². The lowest BCUT2D eigenvalue weighted by Crippen LogP contribution is -2.46. The van der Waals surface area contributed by atoms with Crippen molar-refractivity contribution in [1.82, 2.24) is 4.98 Å². The van der Waals surface area contributed by atoms with Crippen molar-refractivity contribution >= 4 is 32.5 Å². The van der Waals surface area contributed by atoms with Gasteiger partial charge in [0.2, 0.25) is 0 Å². The Morgan fingerprint density at radius 2 is 2.26 bits per heavy atom. The number of para-hydroxylation sites is 1. The van der Waals surface area contributed by atoms with E-state index in [2.05, 4.69) is 57.0 Å². The molecule has 3 rings (SSSR count). The summed E-state index contributed by atoms with van der Waals surface area (Å²) < 4.78 is 5.58. The first-order chi connectivity index (χ1) is 9.29. The Bertz CT molecular complexity index is 587. The Kier molecular flexibility index (Phi) is 3.71. The molecule has 3 nitrogen and oxygen atoms in total. The van der Waals surface area contributed by atoms with Crippen molar-refractivity contribution in [2.45, 2.75) is 13.0 Å². The summed E-state index contributed by atoms with van der Waals surface area (Å²) >= 11 is 3.59. The predicted molar refractivity (Wildman–Crippen MR) is 82.2 cm³/mol.